The molecule has 1 unspecified atom stereocenters. The lowest BCUT2D eigenvalue weighted by Crippen LogP contribution is -2.45. The SMILES string of the molecule is CC(C)(C)C(/C=C/c1ccc(Cl)cc1Cl)N=C1NC(=S)N(c2ccccc2Cl)C1(C)C. The Kier molecular flexibility index (Phi) is 7.07. The van der Waals surface area contributed by atoms with Crippen LogP contribution in [0.2, 0.25) is 15.1 Å². The van der Waals surface area contributed by atoms with Gasteiger partial charge in [-0.3, -0.25) is 4.99 Å². The largest absolute Gasteiger partial charge is 0.319 e. The van der Waals surface area contributed by atoms with Crippen LogP contribution in [0, 0.1) is 5.41 Å². The second-order valence-corrected chi connectivity index (χ2v) is 10.7. The molecule has 1 heterocycles. The minimum atomic E-state index is -0.489. The van der Waals surface area contributed by atoms with Crippen molar-refractivity contribution < 1.29 is 0 Å². The maximum Gasteiger partial charge on any atom is 0.179 e. The Morgan fingerprint density at radius 1 is 1.06 bits per heavy atom. The molecule has 7 heteroatoms. The molecule has 1 saturated heterocycles. The van der Waals surface area contributed by atoms with E-state index in [4.69, 9.17) is 52.0 Å². The summed E-state index contributed by atoms with van der Waals surface area (Å²) >= 11 is 24.5. The van der Waals surface area contributed by atoms with E-state index in [2.05, 4.69) is 46.0 Å². The smallest absolute Gasteiger partial charge is 0.179 e. The Bertz CT molecular complexity index is 1050. The van der Waals surface area contributed by atoms with Crippen LogP contribution in [0.3, 0.4) is 0 Å². The van der Waals surface area contributed by atoms with Gasteiger partial charge in [-0.2, -0.15) is 0 Å². The number of para-hydroxylation sites is 1. The van der Waals surface area contributed by atoms with Crippen LogP contribution >= 0.6 is 47.0 Å². The molecule has 0 aromatic heterocycles. The van der Waals surface area contributed by atoms with Gasteiger partial charge in [-0.15, -0.1) is 0 Å². The number of hydrogen-bond donors (Lipinski definition) is 1. The van der Waals surface area contributed by atoms with Gasteiger partial charge in [-0.25, -0.2) is 0 Å². The highest BCUT2D eigenvalue weighted by atomic mass is 35.5. The fraction of sp³-hybridized carbons (Fsp3) is 0.333. The summed E-state index contributed by atoms with van der Waals surface area (Å²) in [6, 6.07) is 13.0. The van der Waals surface area contributed by atoms with Gasteiger partial charge in [0.25, 0.3) is 0 Å². The number of nitrogens with one attached hydrogen (secondary N) is 1. The first-order valence-corrected chi connectivity index (χ1v) is 11.5. The first-order valence-electron chi connectivity index (χ1n) is 9.98. The number of anilines is 1. The summed E-state index contributed by atoms with van der Waals surface area (Å²) in [4.78, 5) is 7.11. The molecule has 0 radical (unpaired) electrons. The van der Waals surface area contributed by atoms with Crippen molar-refractivity contribution in [3.63, 3.8) is 0 Å². The normalized spacial score (nSPS) is 18.6. The van der Waals surface area contributed by atoms with E-state index in [0.717, 1.165) is 17.1 Å². The summed E-state index contributed by atoms with van der Waals surface area (Å²) in [5, 5.41) is 5.75. The van der Waals surface area contributed by atoms with E-state index in [1.54, 1.807) is 6.07 Å². The van der Waals surface area contributed by atoms with Gasteiger partial charge in [0, 0.05) is 10.0 Å². The lowest BCUT2D eigenvalue weighted by Gasteiger charge is -2.33. The molecule has 0 saturated carbocycles. The predicted molar refractivity (Wildman–Crippen MR) is 140 cm³/mol. The van der Waals surface area contributed by atoms with E-state index in [9.17, 15) is 0 Å². The Labute approximate surface area is 205 Å². The second-order valence-electron chi connectivity index (χ2n) is 9.09. The molecular weight excluding hydrogens is 469 g/mol. The average molecular weight is 495 g/mol. The number of aliphatic imine (C=N–C) groups is 1. The standard InChI is InChI=1S/C24H26Cl3N3S/c1-23(2,3)20(13-11-15-10-12-16(25)14-18(15)27)28-21-24(4,5)30(22(31)29-21)19-9-7-6-8-17(19)26/h6-14,20H,1-5H3,(H,28,29,31)/b13-11+. The molecule has 164 valence electrons. The lowest BCUT2D eigenvalue weighted by atomic mass is 9.86. The number of amidine groups is 1. The molecule has 0 aliphatic carbocycles. The van der Waals surface area contributed by atoms with Gasteiger partial charge in [0.15, 0.2) is 5.11 Å². The summed E-state index contributed by atoms with van der Waals surface area (Å²) in [5.41, 5.74) is 1.14. The molecule has 0 spiro atoms. The van der Waals surface area contributed by atoms with Gasteiger partial charge < -0.3 is 10.2 Å². The molecule has 0 bridgehead atoms. The van der Waals surface area contributed by atoms with Gasteiger partial charge in [-0.1, -0.05) is 85.9 Å². The Balaban J connectivity index is 1.98. The Hall–Kier alpha value is -1.59. The van der Waals surface area contributed by atoms with Crippen molar-refractivity contribution in [2.24, 2.45) is 10.4 Å². The minimum Gasteiger partial charge on any atom is -0.319 e. The van der Waals surface area contributed by atoms with Crippen LogP contribution in [0.25, 0.3) is 6.08 Å². The summed E-state index contributed by atoms with van der Waals surface area (Å²) < 4.78 is 0. The molecule has 0 amide bonds. The van der Waals surface area contributed by atoms with E-state index in [-0.39, 0.29) is 11.5 Å². The minimum absolute atomic E-state index is 0.116. The molecule has 1 atom stereocenters. The topological polar surface area (TPSA) is 27.6 Å². The second kappa shape index (κ2) is 9.11. The third-order valence-corrected chi connectivity index (χ3v) is 6.40. The summed E-state index contributed by atoms with van der Waals surface area (Å²) in [7, 11) is 0. The summed E-state index contributed by atoms with van der Waals surface area (Å²) in [6.07, 6.45) is 4.06. The van der Waals surface area contributed by atoms with Gasteiger partial charge in [0.05, 0.1) is 22.3 Å². The molecular formula is C24H26Cl3N3S. The number of thiocarbonyl (C=S) groups is 1. The van der Waals surface area contributed by atoms with E-state index >= 15 is 0 Å². The molecule has 1 aliphatic rings. The summed E-state index contributed by atoms with van der Waals surface area (Å²) in [6.45, 7) is 10.6. The molecule has 1 fully saturated rings. The highest BCUT2D eigenvalue weighted by Gasteiger charge is 2.43. The maximum absolute atomic E-state index is 6.46. The fourth-order valence-corrected chi connectivity index (χ4v) is 4.51. The number of rotatable bonds is 4. The van der Waals surface area contributed by atoms with Crippen molar-refractivity contribution in [1.82, 2.24) is 5.32 Å². The lowest BCUT2D eigenvalue weighted by molar-refractivity contribution is 0.367. The van der Waals surface area contributed by atoms with Gasteiger partial charge in [0.2, 0.25) is 0 Å². The van der Waals surface area contributed by atoms with Crippen LogP contribution in [0.15, 0.2) is 53.5 Å². The maximum atomic E-state index is 6.46. The molecule has 3 nitrogen and oxygen atoms in total. The van der Waals surface area contributed by atoms with Crippen LogP contribution in [0.5, 0.6) is 0 Å². The van der Waals surface area contributed by atoms with Crippen LogP contribution in [-0.4, -0.2) is 22.5 Å². The molecule has 3 rings (SSSR count). The summed E-state index contributed by atoms with van der Waals surface area (Å²) in [5.74, 6) is 0.796. The monoisotopic (exact) mass is 493 g/mol. The van der Waals surface area contributed by atoms with E-state index in [1.807, 2.05) is 47.4 Å². The van der Waals surface area contributed by atoms with Crippen LogP contribution in [0.4, 0.5) is 5.69 Å². The Morgan fingerprint density at radius 3 is 2.35 bits per heavy atom. The number of nitrogens with zero attached hydrogens (tertiary/aromatic N) is 2. The third kappa shape index (κ3) is 5.25. The fourth-order valence-electron chi connectivity index (χ4n) is 3.40. The van der Waals surface area contributed by atoms with Crippen molar-refractivity contribution in [3.8, 4) is 0 Å². The van der Waals surface area contributed by atoms with Crippen molar-refractivity contribution >= 4 is 69.7 Å². The molecule has 2 aromatic rings. The number of benzene rings is 2. The zero-order valence-electron chi connectivity index (χ0n) is 18.2. The van der Waals surface area contributed by atoms with E-state index in [1.165, 1.54) is 0 Å². The van der Waals surface area contributed by atoms with Crippen LogP contribution < -0.4 is 10.2 Å². The molecule has 2 aromatic carbocycles. The van der Waals surface area contributed by atoms with Gasteiger partial charge in [-0.05, 0) is 61.3 Å². The predicted octanol–water partition coefficient (Wildman–Crippen LogP) is 7.65. The molecule has 1 N–H and O–H groups in total. The van der Waals surface area contributed by atoms with E-state index in [0.29, 0.717) is 20.2 Å². The first kappa shape index (κ1) is 24.1. The van der Waals surface area contributed by atoms with Crippen LogP contribution in [0.1, 0.15) is 40.2 Å². The number of hydrogen-bond acceptors (Lipinski definition) is 2. The third-order valence-electron chi connectivity index (χ3n) is 5.24. The molecule has 31 heavy (non-hydrogen) atoms. The van der Waals surface area contributed by atoms with E-state index < -0.39 is 5.54 Å². The van der Waals surface area contributed by atoms with Crippen LogP contribution in [-0.2, 0) is 0 Å². The highest BCUT2D eigenvalue weighted by molar-refractivity contribution is 7.80. The average Bonchev–Trinajstić information content (AvgIpc) is 2.87. The van der Waals surface area contributed by atoms with Crippen molar-refractivity contribution in [2.45, 2.75) is 46.2 Å². The van der Waals surface area contributed by atoms with Crippen molar-refractivity contribution in [2.75, 3.05) is 4.90 Å². The van der Waals surface area contributed by atoms with Crippen molar-refractivity contribution in [1.29, 1.82) is 0 Å². The highest BCUT2D eigenvalue weighted by Crippen LogP contribution is 2.35. The zero-order chi connectivity index (χ0) is 23.0. The van der Waals surface area contributed by atoms with Crippen molar-refractivity contribution in [3.05, 3.63) is 69.2 Å². The van der Waals surface area contributed by atoms with Gasteiger partial charge >= 0.3 is 0 Å². The number of halogens is 3. The zero-order valence-corrected chi connectivity index (χ0v) is 21.3. The van der Waals surface area contributed by atoms with Gasteiger partial charge in [0.1, 0.15) is 5.84 Å². The Morgan fingerprint density at radius 2 is 1.74 bits per heavy atom. The molecule has 1 aliphatic heterocycles. The first-order chi connectivity index (χ1) is 14.4. The quantitative estimate of drug-likeness (QED) is 0.442.